The Hall–Kier alpha value is -6.09. The number of ketones is 1. The molecule has 0 aliphatic heterocycles. The molecule has 0 atom stereocenters. The van der Waals surface area contributed by atoms with Gasteiger partial charge in [-0.05, 0) is 41.8 Å². The maximum absolute atomic E-state index is 13.7. The van der Waals surface area contributed by atoms with Crippen LogP contribution in [0, 0.1) is 0 Å². The van der Waals surface area contributed by atoms with Gasteiger partial charge in [-0.2, -0.15) is 0 Å². The van der Waals surface area contributed by atoms with E-state index in [1.165, 1.54) is 22.1 Å². The van der Waals surface area contributed by atoms with Gasteiger partial charge in [-0.3, -0.25) is 23.5 Å². The van der Waals surface area contributed by atoms with Crippen LogP contribution >= 0.6 is 0 Å². The number of hydrogen-bond donors (Lipinski definition) is 2. The predicted molar refractivity (Wildman–Crippen MR) is 175 cm³/mol. The van der Waals surface area contributed by atoms with Crippen LogP contribution < -0.4 is 16.6 Å². The largest absolute Gasteiger partial charge is 0.333 e. The van der Waals surface area contributed by atoms with Crippen molar-refractivity contribution in [1.29, 1.82) is 0 Å². The molecule has 6 rings (SSSR count). The monoisotopic (exact) mass is 595 g/mol. The Labute approximate surface area is 258 Å². The van der Waals surface area contributed by atoms with Crippen LogP contribution in [0.5, 0.6) is 0 Å². The molecule has 2 heterocycles. The SMILES string of the molecule is CC(=O)c1ccccc1NC(=O)/C=C/c1ccc(-c2nc3c([nH]2)c(=O)n(Cc2ccccc2)c(=O)n3Cc2ccccc2)cc1. The molecule has 222 valence electrons. The molecule has 0 radical (unpaired) electrons. The van der Waals surface area contributed by atoms with Gasteiger partial charge >= 0.3 is 5.69 Å². The van der Waals surface area contributed by atoms with Crippen LogP contribution in [0.25, 0.3) is 28.6 Å². The number of rotatable bonds is 9. The van der Waals surface area contributed by atoms with Crippen molar-refractivity contribution in [2.45, 2.75) is 20.0 Å². The summed E-state index contributed by atoms with van der Waals surface area (Å²) in [6, 6.07) is 33.1. The van der Waals surface area contributed by atoms with Crippen LogP contribution in [0.15, 0.2) is 125 Å². The first-order valence-electron chi connectivity index (χ1n) is 14.4. The molecule has 9 nitrogen and oxygen atoms in total. The number of fused-ring (bicyclic) bond motifs is 1. The van der Waals surface area contributed by atoms with E-state index in [1.54, 1.807) is 30.3 Å². The van der Waals surface area contributed by atoms with Crippen molar-refractivity contribution in [3.05, 3.63) is 158 Å². The molecule has 4 aromatic carbocycles. The van der Waals surface area contributed by atoms with Crippen LogP contribution in [-0.4, -0.2) is 30.8 Å². The highest BCUT2D eigenvalue weighted by Crippen LogP contribution is 2.21. The second-order valence-corrected chi connectivity index (χ2v) is 10.6. The highest BCUT2D eigenvalue weighted by atomic mass is 16.2. The third-order valence-corrected chi connectivity index (χ3v) is 7.40. The third-order valence-electron chi connectivity index (χ3n) is 7.40. The van der Waals surface area contributed by atoms with E-state index in [0.29, 0.717) is 22.6 Å². The van der Waals surface area contributed by atoms with Gasteiger partial charge < -0.3 is 10.3 Å². The predicted octanol–water partition coefficient (Wildman–Crippen LogP) is 5.50. The molecule has 1 amide bonds. The highest BCUT2D eigenvalue weighted by Gasteiger charge is 2.19. The second-order valence-electron chi connectivity index (χ2n) is 10.6. The zero-order valence-corrected chi connectivity index (χ0v) is 24.4. The first-order chi connectivity index (χ1) is 21.9. The second kappa shape index (κ2) is 12.6. The van der Waals surface area contributed by atoms with Gasteiger partial charge in [0.1, 0.15) is 11.3 Å². The van der Waals surface area contributed by atoms with Gasteiger partial charge in [-0.25, -0.2) is 9.78 Å². The average Bonchev–Trinajstić information content (AvgIpc) is 3.51. The normalized spacial score (nSPS) is 11.2. The van der Waals surface area contributed by atoms with Gasteiger partial charge in [0, 0.05) is 17.2 Å². The number of benzene rings is 4. The average molecular weight is 596 g/mol. The summed E-state index contributed by atoms with van der Waals surface area (Å²) in [7, 11) is 0. The molecule has 0 saturated carbocycles. The fraction of sp³-hybridized carbons (Fsp3) is 0.0833. The molecule has 0 spiro atoms. The number of para-hydroxylation sites is 1. The van der Waals surface area contributed by atoms with Gasteiger partial charge in [0.2, 0.25) is 5.91 Å². The summed E-state index contributed by atoms with van der Waals surface area (Å²) < 4.78 is 2.76. The van der Waals surface area contributed by atoms with Gasteiger partial charge in [-0.1, -0.05) is 97.1 Å². The lowest BCUT2D eigenvalue weighted by molar-refractivity contribution is -0.111. The smallest absolute Gasteiger partial charge is 0.332 e. The summed E-state index contributed by atoms with van der Waals surface area (Å²) in [5, 5.41) is 2.75. The quantitative estimate of drug-likeness (QED) is 0.169. The number of carbonyl (C=O) groups excluding carboxylic acids is 2. The molecule has 0 unspecified atom stereocenters. The number of hydrogen-bond acceptors (Lipinski definition) is 5. The molecular formula is C36H29N5O4. The number of aromatic nitrogens is 4. The third kappa shape index (κ3) is 6.33. The van der Waals surface area contributed by atoms with E-state index in [0.717, 1.165) is 16.7 Å². The van der Waals surface area contributed by atoms with E-state index in [1.807, 2.05) is 84.9 Å². The first-order valence-corrected chi connectivity index (χ1v) is 14.4. The Morgan fingerprint density at radius 1 is 0.778 bits per heavy atom. The lowest BCUT2D eigenvalue weighted by Gasteiger charge is -2.11. The van der Waals surface area contributed by atoms with Crippen molar-refractivity contribution >= 4 is 34.6 Å². The van der Waals surface area contributed by atoms with Gasteiger partial charge in [0.15, 0.2) is 11.4 Å². The minimum atomic E-state index is -0.446. The maximum Gasteiger partial charge on any atom is 0.333 e. The molecule has 0 bridgehead atoms. The number of anilines is 1. The zero-order valence-electron chi connectivity index (χ0n) is 24.4. The molecule has 2 aromatic heterocycles. The van der Waals surface area contributed by atoms with Gasteiger partial charge in [-0.15, -0.1) is 0 Å². The Kier molecular flexibility index (Phi) is 8.15. The summed E-state index contributed by atoms with van der Waals surface area (Å²) in [6.07, 6.45) is 3.05. The molecule has 0 aliphatic rings. The van der Waals surface area contributed by atoms with Crippen LogP contribution in [0.4, 0.5) is 5.69 Å². The summed E-state index contributed by atoms with van der Waals surface area (Å²) in [6.45, 7) is 1.83. The summed E-state index contributed by atoms with van der Waals surface area (Å²) in [5.41, 5.74) is 3.73. The first kappa shape index (κ1) is 29.0. The Balaban J connectivity index is 1.30. The van der Waals surface area contributed by atoms with Crippen molar-refractivity contribution in [3.8, 4) is 11.4 Å². The molecule has 0 fully saturated rings. The van der Waals surface area contributed by atoms with Crippen molar-refractivity contribution in [1.82, 2.24) is 19.1 Å². The topological polar surface area (TPSA) is 119 Å². The maximum atomic E-state index is 13.7. The zero-order chi connectivity index (χ0) is 31.3. The van der Waals surface area contributed by atoms with Crippen LogP contribution in [0.1, 0.15) is 34.0 Å². The fourth-order valence-electron chi connectivity index (χ4n) is 5.11. The Morgan fingerprint density at radius 2 is 1.38 bits per heavy atom. The standard InChI is InChI=1S/C36H29N5O4/c1-24(42)29-14-8-9-15-30(29)37-31(43)21-18-25-16-19-28(20-17-25)33-38-32-34(39-33)40(22-26-10-4-2-5-11-26)36(45)41(35(32)44)23-27-12-6-3-7-13-27/h2-21H,22-23H2,1H3,(H,37,43)(H,38,39)/b21-18+. The van der Waals surface area contributed by atoms with Crippen molar-refractivity contribution < 1.29 is 9.59 Å². The van der Waals surface area contributed by atoms with E-state index in [-0.39, 0.29) is 35.9 Å². The molecule has 45 heavy (non-hydrogen) atoms. The van der Waals surface area contributed by atoms with Crippen molar-refractivity contribution in [2.24, 2.45) is 0 Å². The van der Waals surface area contributed by atoms with E-state index in [4.69, 9.17) is 4.98 Å². The number of nitrogens with one attached hydrogen (secondary N) is 2. The van der Waals surface area contributed by atoms with Crippen molar-refractivity contribution in [2.75, 3.05) is 5.32 Å². The number of amides is 1. The number of H-pyrrole nitrogens is 1. The number of carbonyl (C=O) groups is 2. The number of imidazole rings is 1. The number of Topliss-reactive ketones (excluding diaryl/α,β-unsaturated/α-hetero) is 1. The number of aromatic amines is 1. The Bertz CT molecular complexity index is 2160. The van der Waals surface area contributed by atoms with E-state index < -0.39 is 11.2 Å². The lowest BCUT2D eigenvalue weighted by Crippen LogP contribution is -2.40. The van der Waals surface area contributed by atoms with Crippen LogP contribution in [-0.2, 0) is 17.9 Å². The molecule has 0 aliphatic carbocycles. The number of nitrogens with zero attached hydrogens (tertiary/aromatic N) is 3. The molecule has 0 saturated heterocycles. The molecule has 2 N–H and O–H groups in total. The molecular weight excluding hydrogens is 566 g/mol. The van der Waals surface area contributed by atoms with Crippen LogP contribution in [0.3, 0.4) is 0 Å². The molecule has 9 heteroatoms. The summed E-state index contributed by atoms with van der Waals surface area (Å²) >= 11 is 0. The van der Waals surface area contributed by atoms with Crippen molar-refractivity contribution in [3.63, 3.8) is 0 Å². The fourth-order valence-corrected chi connectivity index (χ4v) is 5.11. The minimum Gasteiger partial charge on any atom is -0.332 e. The summed E-state index contributed by atoms with van der Waals surface area (Å²) in [4.78, 5) is 59.6. The summed E-state index contributed by atoms with van der Waals surface area (Å²) in [5.74, 6) is -0.0636. The van der Waals surface area contributed by atoms with Gasteiger partial charge in [0.05, 0.1) is 18.8 Å². The van der Waals surface area contributed by atoms with E-state index in [9.17, 15) is 19.2 Å². The molecule has 6 aromatic rings. The lowest BCUT2D eigenvalue weighted by atomic mass is 10.1. The van der Waals surface area contributed by atoms with Crippen LogP contribution in [0.2, 0.25) is 0 Å². The highest BCUT2D eigenvalue weighted by molar-refractivity contribution is 6.07. The Morgan fingerprint density at radius 3 is 2.02 bits per heavy atom. The van der Waals surface area contributed by atoms with E-state index >= 15 is 0 Å². The van der Waals surface area contributed by atoms with E-state index in [2.05, 4.69) is 10.3 Å². The van der Waals surface area contributed by atoms with Gasteiger partial charge in [0.25, 0.3) is 5.56 Å². The minimum absolute atomic E-state index is 0.131.